The first kappa shape index (κ1) is 22.4. The van der Waals surface area contributed by atoms with Gasteiger partial charge in [-0.3, -0.25) is 9.89 Å². The summed E-state index contributed by atoms with van der Waals surface area (Å²) in [6.45, 7) is 6.77. The number of amides is 1. The molecule has 2 saturated heterocycles. The number of nitrogens with zero attached hydrogens (tertiary/aromatic N) is 3. The Hall–Kier alpha value is -2.28. The standard InChI is InChI=1S/C23H37N5O2/c1-3-30-23(29)27-15-12-20(13-16-27)26-22(24-2)25-17-21-11-7-8-14-28(21)18-19-9-5-4-6-10-19/h4-6,9-10,20-21H,3,7-8,11-18H2,1-2H3,(H2,24,25,26). The van der Waals surface area contributed by atoms with E-state index < -0.39 is 0 Å². The molecule has 1 aromatic rings. The second-order valence-corrected chi connectivity index (χ2v) is 8.16. The van der Waals surface area contributed by atoms with E-state index in [1.165, 1.54) is 24.8 Å². The third-order valence-electron chi connectivity index (χ3n) is 6.07. The summed E-state index contributed by atoms with van der Waals surface area (Å²) < 4.78 is 5.10. The second kappa shape index (κ2) is 11.8. The van der Waals surface area contributed by atoms with Crippen molar-refractivity contribution in [1.82, 2.24) is 20.4 Å². The van der Waals surface area contributed by atoms with Crippen LogP contribution in [0.4, 0.5) is 4.79 Å². The number of hydrogen-bond donors (Lipinski definition) is 2. The summed E-state index contributed by atoms with van der Waals surface area (Å²) in [5.74, 6) is 0.856. The lowest BCUT2D eigenvalue weighted by molar-refractivity contribution is 0.0962. The molecule has 0 radical (unpaired) electrons. The number of benzene rings is 1. The van der Waals surface area contributed by atoms with E-state index in [1.54, 1.807) is 4.90 Å². The Morgan fingerprint density at radius 3 is 2.60 bits per heavy atom. The molecule has 2 fully saturated rings. The van der Waals surface area contributed by atoms with Gasteiger partial charge < -0.3 is 20.3 Å². The van der Waals surface area contributed by atoms with Crippen LogP contribution in [0, 0.1) is 0 Å². The fraction of sp³-hybridized carbons (Fsp3) is 0.652. The van der Waals surface area contributed by atoms with Crippen LogP contribution in [0.15, 0.2) is 35.3 Å². The van der Waals surface area contributed by atoms with Crippen LogP contribution in [0.25, 0.3) is 0 Å². The summed E-state index contributed by atoms with van der Waals surface area (Å²) in [6, 6.07) is 11.6. The lowest BCUT2D eigenvalue weighted by Crippen LogP contribution is -2.52. The summed E-state index contributed by atoms with van der Waals surface area (Å²) in [5, 5.41) is 7.09. The fourth-order valence-corrected chi connectivity index (χ4v) is 4.34. The zero-order valence-corrected chi connectivity index (χ0v) is 18.5. The van der Waals surface area contributed by atoms with Crippen molar-refractivity contribution < 1.29 is 9.53 Å². The van der Waals surface area contributed by atoms with Gasteiger partial charge in [0.05, 0.1) is 6.61 Å². The van der Waals surface area contributed by atoms with Gasteiger partial charge in [0.25, 0.3) is 0 Å². The lowest BCUT2D eigenvalue weighted by Gasteiger charge is -2.37. The predicted octanol–water partition coefficient (Wildman–Crippen LogP) is 2.83. The molecule has 3 rings (SSSR count). The average molecular weight is 416 g/mol. The van der Waals surface area contributed by atoms with Crippen LogP contribution in [0.2, 0.25) is 0 Å². The molecule has 2 heterocycles. The highest BCUT2D eigenvalue weighted by Gasteiger charge is 2.25. The Bertz CT molecular complexity index is 673. The Morgan fingerprint density at radius 2 is 1.90 bits per heavy atom. The molecule has 2 aliphatic heterocycles. The highest BCUT2D eigenvalue weighted by molar-refractivity contribution is 5.80. The number of carbonyl (C=O) groups excluding carboxylic acids is 1. The summed E-state index contributed by atoms with van der Waals surface area (Å²) in [4.78, 5) is 20.7. The largest absolute Gasteiger partial charge is 0.450 e. The number of hydrogen-bond acceptors (Lipinski definition) is 4. The first-order valence-electron chi connectivity index (χ1n) is 11.4. The van der Waals surface area contributed by atoms with Gasteiger partial charge in [-0.2, -0.15) is 0 Å². The zero-order chi connectivity index (χ0) is 21.2. The quantitative estimate of drug-likeness (QED) is 0.552. The van der Waals surface area contributed by atoms with Crippen molar-refractivity contribution in [3.8, 4) is 0 Å². The van der Waals surface area contributed by atoms with Gasteiger partial charge in [-0.05, 0) is 44.7 Å². The Morgan fingerprint density at radius 1 is 1.13 bits per heavy atom. The second-order valence-electron chi connectivity index (χ2n) is 8.16. The molecule has 7 heteroatoms. The van der Waals surface area contributed by atoms with E-state index in [0.29, 0.717) is 18.7 Å². The minimum Gasteiger partial charge on any atom is -0.450 e. The third-order valence-corrected chi connectivity index (χ3v) is 6.07. The zero-order valence-electron chi connectivity index (χ0n) is 18.5. The summed E-state index contributed by atoms with van der Waals surface area (Å²) in [6.07, 6.45) is 5.39. The summed E-state index contributed by atoms with van der Waals surface area (Å²) in [7, 11) is 1.83. The number of aliphatic imine (C=N–C) groups is 1. The van der Waals surface area contributed by atoms with E-state index in [4.69, 9.17) is 4.74 Å². The molecule has 0 saturated carbocycles. The van der Waals surface area contributed by atoms with Crippen LogP contribution in [0.1, 0.15) is 44.6 Å². The number of carbonyl (C=O) groups is 1. The normalized spacial score (nSPS) is 21.3. The Balaban J connectivity index is 1.44. The number of rotatable bonds is 6. The van der Waals surface area contributed by atoms with Gasteiger partial charge in [0.15, 0.2) is 5.96 Å². The van der Waals surface area contributed by atoms with E-state index in [0.717, 1.165) is 51.5 Å². The number of likely N-dealkylation sites (tertiary alicyclic amines) is 2. The van der Waals surface area contributed by atoms with Crippen molar-refractivity contribution in [1.29, 1.82) is 0 Å². The Labute approximate surface area is 180 Å². The van der Waals surface area contributed by atoms with Gasteiger partial charge in [0.2, 0.25) is 0 Å². The van der Waals surface area contributed by atoms with Crippen molar-refractivity contribution in [3.05, 3.63) is 35.9 Å². The number of piperidine rings is 2. The minimum atomic E-state index is -0.200. The molecule has 0 aliphatic carbocycles. The average Bonchev–Trinajstić information content (AvgIpc) is 2.79. The molecule has 2 aliphatic rings. The van der Waals surface area contributed by atoms with Crippen LogP contribution in [-0.2, 0) is 11.3 Å². The molecule has 0 spiro atoms. The molecule has 2 N–H and O–H groups in total. The topological polar surface area (TPSA) is 69.2 Å². The van der Waals surface area contributed by atoms with Crippen molar-refractivity contribution >= 4 is 12.1 Å². The van der Waals surface area contributed by atoms with Gasteiger partial charge in [0.1, 0.15) is 0 Å². The van der Waals surface area contributed by atoms with Crippen LogP contribution >= 0.6 is 0 Å². The molecular formula is C23H37N5O2. The maximum atomic E-state index is 11.9. The van der Waals surface area contributed by atoms with Crippen molar-refractivity contribution in [2.24, 2.45) is 4.99 Å². The van der Waals surface area contributed by atoms with E-state index in [9.17, 15) is 4.79 Å². The van der Waals surface area contributed by atoms with Crippen molar-refractivity contribution in [2.45, 2.75) is 57.7 Å². The molecule has 1 aromatic carbocycles. The number of nitrogens with one attached hydrogen (secondary N) is 2. The summed E-state index contributed by atoms with van der Waals surface area (Å²) in [5.41, 5.74) is 1.38. The molecule has 1 unspecified atom stereocenters. The van der Waals surface area contributed by atoms with Gasteiger partial charge in [0, 0.05) is 45.3 Å². The molecule has 0 aromatic heterocycles. The van der Waals surface area contributed by atoms with Crippen molar-refractivity contribution in [2.75, 3.05) is 39.8 Å². The van der Waals surface area contributed by atoms with Crippen LogP contribution < -0.4 is 10.6 Å². The number of guanidine groups is 1. The SMILES string of the molecule is CCOC(=O)N1CCC(NC(=NC)NCC2CCCCN2Cc2ccccc2)CC1. The molecular weight excluding hydrogens is 378 g/mol. The van der Waals surface area contributed by atoms with Crippen LogP contribution in [0.3, 0.4) is 0 Å². The van der Waals surface area contributed by atoms with E-state index in [1.807, 2.05) is 14.0 Å². The van der Waals surface area contributed by atoms with Gasteiger partial charge in [-0.15, -0.1) is 0 Å². The maximum Gasteiger partial charge on any atom is 0.409 e. The van der Waals surface area contributed by atoms with Gasteiger partial charge >= 0.3 is 6.09 Å². The molecule has 7 nitrogen and oxygen atoms in total. The van der Waals surface area contributed by atoms with Crippen LogP contribution in [0.5, 0.6) is 0 Å². The van der Waals surface area contributed by atoms with Crippen molar-refractivity contribution in [3.63, 3.8) is 0 Å². The number of ether oxygens (including phenoxy) is 1. The van der Waals surface area contributed by atoms with E-state index >= 15 is 0 Å². The fourth-order valence-electron chi connectivity index (χ4n) is 4.34. The van der Waals surface area contributed by atoms with E-state index in [2.05, 4.69) is 50.9 Å². The highest BCUT2D eigenvalue weighted by atomic mass is 16.6. The minimum absolute atomic E-state index is 0.200. The molecule has 0 bridgehead atoms. The van der Waals surface area contributed by atoms with E-state index in [-0.39, 0.29) is 6.09 Å². The van der Waals surface area contributed by atoms with Gasteiger partial charge in [-0.25, -0.2) is 4.79 Å². The molecule has 1 amide bonds. The smallest absolute Gasteiger partial charge is 0.409 e. The Kier molecular flexibility index (Phi) is 8.81. The molecule has 166 valence electrons. The maximum absolute atomic E-state index is 11.9. The van der Waals surface area contributed by atoms with Crippen LogP contribution in [-0.4, -0.2) is 73.8 Å². The first-order chi connectivity index (χ1) is 14.7. The molecule has 30 heavy (non-hydrogen) atoms. The monoisotopic (exact) mass is 415 g/mol. The van der Waals surface area contributed by atoms with Gasteiger partial charge in [-0.1, -0.05) is 36.8 Å². The first-order valence-corrected chi connectivity index (χ1v) is 11.4. The highest BCUT2D eigenvalue weighted by Crippen LogP contribution is 2.19. The lowest BCUT2D eigenvalue weighted by atomic mass is 10.0. The predicted molar refractivity (Wildman–Crippen MR) is 121 cm³/mol. The summed E-state index contributed by atoms with van der Waals surface area (Å²) >= 11 is 0. The third kappa shape index (κ3) is 6.62. The molecule has 1 atom stereocenters.